The summed E-state index contributed by atoms with van der Waals surface area (Å²) in [5, 5.41) is 13.0. The Hall–Kier alpha value is -1.39. The van der Waals surface area contributed by atoms with Crippen molar-refractivity contribution in [2.24, 2.45) is 5.92 Å². The molecule has 0 bridgehead atoms. The fourth-order valence-corrected chi connectivity index (χ4v) is 2.60. The summed E-state index contributed by atoms with van der Waals surface area (Å²) in [6.07, 6.45) is 4.46. The van der Waals surface area contributed by atoms with E-state index in [0.717, 1.165) is 31.5 Å². The molecule has 20 heavy (non-hydrogen) atoms. The van der Waals surface area contributed by atoms with Gasteiger partial charge in [0.1, 0.15) is 6.61 Å². The quantitative estimate of drug-likeness (QED) is 0.825. The van der Waals surface area contributed by atoms with Crippen molar-refractivity contribution in [3.8, 4) is 0 Å². The molecule has 0 aromatic heterocycles. The molecular formula is C16H23NO3. The highest BCUT2D eigenvalue weighted by molar-refractivity contribution is 5.37. The van der Waals surface area contributed by atoms with Crippen LogP contribution in [-0.2, 0) is 16.1 Å². The molecule has 1 saturated carbocycles. The molecule has 1 aliphatic carbocycles. The van der Waals surface area contributed by atoms with Crippen LogP contribution in [0.25, 0.3) is 0 Å². The van der Waals surface area contributed by atoms with Gasteiger partial charge in [0.25, 0.3) is 6.47 Å². The summed E-state index contributed by atoms with van der Waals surface area (Å²) in [7, 11) is 0. The lowest BCUT2D eigenvalue weighted by molar-refractivity contribution is -0.129. The number of benzene rings is 1. The van der Waals surface area contributed by atoms with Crippen LogP contribution in [0.2, 0.25) is 0 Å². The Balaban J connectivity index is 0.000000147. The zero-order valence-corrected chi connectivity index (χ0v) is 11.8. The van der Waals surface area contributed by atoms with Gasteiger partial charge in [0.15, 0.2) is 0 Å². The van der Waals surface area contributed by atoms with Crippen LogP contribution in [0.1, 0.15) is 31.2 Å². The Morgan fingerprint density at radius 3 is 2.45 bits per heavy atom. The lowest BCUT2D eigenvalue weighted by Gasteiger charge is -2.26. The fourth-order valence-electron chi connectivity index (χ4n) is 2.60. The highest BCUT2D eigenvalue weighted by atomic mass is 16.5. The molecule has 1 saturated heterocycles. The Morgan fingerprint density at radius 2 is 1.90 bits per heavy atom. The summed E-state index contributed by atoms with van der Waals surface area (Å²) >= 11 is 0. The van der Waals surface area contributed by atoms with Gasteiger partial charge in [-0.2, -0.15) is 0 Å². The van der Waals surface area contributed by atoms with Gasteiger partial charge in [0.05, 0.1) is 5.60 Å². The first-order chi connectivity index (χ1) is 9.74. The fraction of sp³-hybridized carbons (Fsp3) is 0.562. The minimum atomic E-state index is -0.220. The van der Waals surface area contributed by atoms with Crippen LogP contribution in [0.15, 0.2) is 30.3 Å². The third-order valence-electron chi connectivity index (χ3n) is 4.02. The molecule has 1 heterocycles. The predicted molar refractivity (Wildman–Crippen MR) is 77.1 cm³/mol. The van der Waals surface area contributed by atoms with Crippen LogP contribution in [0, 0.1) is 5.92 Å². The summed E-state index contributed by atoms with van der Waals surface area (Å²) < 4.78 is 4.54. The standard InChI is InChI=1S/C8H15NO.C8H8O2/c10-8(3-4-8)7-1-5-9-6-2-7;9-7-10-6-8-4-2-1-3-5-8/h7,9-10H,1-6H2;1-5,7H,6H2. The first-order valence-corrected chi connectivity index (χ1v) is 7.27. The number of rotatable bonds is 4. The Morgan fingerprint density at radius 1 is 1.25 bits per heavy atom. The summed E-state index contributed by atoms with van der Waals surface area (Å²) in [5.74, 6) is 0.605. The first kappa shape index (κ1) is 15.0. The molecule has 4 heteroatoms. The van der Waals surface area contributed by atoms with Crippen LogP contribution < -0.4 is 5.32 Å². The van der Waals surface area contributed by atoms with E-state index in [0.29, 0.717) is 19.0 Å². The minimum Gasteiger partial charge on any atom is -0.463 e. The highest BCUT2D eigenvalue weighted by Crippen LogP contribution is 2.45. The monoisotopic (exact) mass is 277 g/mol. The van der Waals surface area contributed by atoms with E-state index in [1.807, 2.05) is 30.3 Å². The van der Waals surface area contributed by atoms with E-state index in [1.54, 1.807) is 0 Å². The molecule has 0 spiro atoms. The molecule has 2 aliphatic rings. The van der Waals surface area contributed by atoms with Crippen molar-refractivity contribution in [2.45, 2.75) is 37.9 Å². The van der Waals surface area contributed by atoms with Crippen molar-refractivity contribution in [3.63, 3.8) is 0 Å². The maximum Gasteiger partial charge on any atom is 0.293 e. The Kier molecular flexibility index (Phi) is 5.56. The van der Waals surface area contributed by atoms with Gasteiger partial charge >= 0.3 is 0 Å². The highest BCUT2D eigenvalue weighted by Gasteiger charge is 2.47. The third kappa shape index (κ3) is 4.62. The Labute approximate surface area is 120 Å². The number of hydrogen-bond acceptors (Lipinski definition) is 4. The molecule has 1 aliphatic heterocycles. The van der Waals surface area contributed by atoms with Crippen molar-refractivity contribution in [1.29, 1.82) is 0 Å². The number of hydrogen-bond donors (Lipinski definition) is 2. The Bertz CT molecular complexity index is 397. The van der Waals surface area contributed by atoms with E-state index >= 15 is 0 Å². The molecular weight excluding hydrogens is 254 g/mol. The lowest BCUT2D eigenvalue weighted by Crippen LogP contribution is -2.35. The molecule has 110 valence electrons. The summed E-state index contributed by atoms with van der Waals surface area (Å²) in [5.41, 5.74) is 0.789. The molecule has 0 atom stereocenters. The van der Waals surface area contributed by atoms with Crippen LogP contribution in [0.3, 0.4) is 0 Å². The van der Waals surface area contributed by atoms with Crippen molar-refractivity contribution >= 4 is 6.47 Å². The van der Waals surface area contributed by atoms with E-state index in [-0.39, 0.29) is 5.60 Å². The number of ether oxygens (including phenoxy) is 1. The first-order valence-electron chi connectivity index (χ1n) is 7.27. The number of carbonyl (C=O) groups is 1. The number of piperidine rings is 1. The van der Waals surface area contributed by atoms with Gasteiger partial charge < -0.3 is 15.2 Å². The average molecular weight is 277 g/mol. The van der Waals surface area contributed by atoms with Gasteiger partial charge in [0.2, 0.25) is 0 Å². The number of aliphatic hydroxyl groups is 1. The maximum absolute atomic E-state index is 9.76. The predicted octanol–water partition coefficient (Wildman–Crippen LogP) is 1.87. The normalized spacial score (nSPS) is 20.4. The van der Waals surface area contributed by atoms with Crippen molar-refractivity contribution in [1.82, 2.24) is 5.32 Å². The molecule has 1 aromatic rings. The minimum absolute atomic E-state index is 0.220. The van der Waals surface area contributed by atoms with Gasteiger partial charge in [-0.15, -0.1) is 0 Å². The molecule has 2 N–H and O–H groups in total. The second kappa shape index (κ2) is 7.41. The molecule has 3 rings (SSSR count). The van der Waals surface area contributed by atoms with E-state index in [4.69, 9.17) is 0 Å². The van der Waals surface area contributed by atoms with E-state index < -0.39 is 0 Å². The summed E-state index contributed by atoms with van der Waals surface area (Å²) in [6, 6.07) is 9.55. The second-order valence-corrected chi connectivity index (χ2v) is 5.52. The van der Waals surface area contributed by atoms with Crippen molar-refractivity contribution in [3.05, 3.63) is 35.9 Å². The maximum atomic E-state index is 9.76. The zero-order chi connectivity index (χ0) is 14.3. The van der Waals surface area contributed by atoms with Crippen molar-refractivity contribution in [2.75, 3.05) is 13.1 Å². The third-order valence-corrected chi connectivity index (χ3v) is 4.02. The van der Waals surface area contributed by atoms with Crippen LogP contribution >= 0.6 is 0 Å². The zero-order valence-electron chi connectivity index (χ0n) is 11.8. The molecule has 0 unspecified atom stereocenters. The van der Waals surface area contributed by atoms with Gasteiger partial charge in [-0.1, -0.05) is 30.3 Å². The number of nitrogens with one attached hydrogen (secondary N) is 1. The van der Waals surface area contributed by atoms with Gasteiger partial charge in [-0.3, -0.25) is 4.79 Å². The van der Waals surface area contributed by atoms with E-state index in [1.165, 1.54) is 12.8 Å². The van der Waals surface area contributed by atoms with Crippen LogP contribution in [-0.4, -0.2) is 30.3 Å². The largest absolute Gasteiger partial charge is 0.463 e. The van der Waals surface area contributed by atoms with Gasteiger partial charge in [-0.25, -0.2) is 0 Å². The van der Waals surface area contributed by atoms with Crippen molar-refractivity contribution < 1.29 is 14.6 Å². The smallest absolute Gasteiger partial charge is 0.293 e. The van der Waals surface area contributed by atoms with Gasteiger partial charge in [0, 0.05) is 0 Å². The molecule has 2 fully saturated rings. The SMILES string of the molecule is O=COCc1ccccc1.OC1(C2CCNCC2)CC1. The van der Waals surface area contributed by atoms with E-state index in [2.05, 4.69) is 10.1 Å². The molecule has 0 amide bonds. The van der Waals surface area contributed by atoms with Crippen LogP contribution in [0.5, 0.6) is 0 Å². The summed E-state index contributed by atoms with van der Waals surface area (Å²) in [6.45, 7) is 3.03. The van der Waals surface area contributed by atoms with Gasteiger partial charge in [-0.05, 0) is 50.3 Å². The molecule has 1 aromatic carbocycles. The average Bonchev–Trinajstić information content (AvgIpc) is 3.27. The topological polar surface area (TPSA) is 58.6 Å². The number of carbonyl (C=O) groups excluding carboxylic acids is 1. The van der Waals surface area contributed by atoms with Crippen LogP contribution in [0.4, 0.5) is 0 Å². The summed E-state index contributed by atoms with van der Waals surface area (Å²) in [4.78, 5) is 9.76. The van der Waals surface area contributed by atoms with E-state index in [9.17, 15) is 9.90 Å². The second-order valence-electron chi connectivity index (χ2n) is 5.52. The molecule has 0 radical (unpaired) electrons. The lowest BCUT2D eigenvalue weighted by atomic mass is 9.90. The molecule has 4 nitrogen and oxygen atoms in total.